The zero-order chi connectivity index (χ0) is 30.8. The highest BCUT2D eigenvalue weighted by Crippen LogP contribution is 2.44. The number of hydrogen-bond donors (Lipinski definition) is 1. The van der Waals surface area contributed by atoms with Gasteiger partial charge in [0.05, 0.1) is 18.2 Å². The van der Waals surface area contributed by atoms with Gasteiger partial charge in [0.25, 0.3) is 5.78 Å². The zero-order valence-electron chi connectivity index (χ0n) is 24.0. The Labute approximate surface area is 262 Å². The van der Waals surface area contributed by atoms with Crippen LogP contribution >= 0.6 is 23.1 Å². The van der Waals surface area contributed by atoms with Crippen molar-refractivity contribution >= 4 is 56.5 Å². The molecule has 1 atom stereocenters. The summed E-state index contributed by atoms with van der Waals surface area (Å²) in [4.78, 5) is 28.3. The van der Waals surface area contributed by atoms with Crippen LogP contribution in [0.3, 0.4) is 0 Å². The lowest BCUT2D eigenvalue weighted by Gasteiger charge is -2.22. The third-order valence-electron chi connectivity index (χ3n) is 7.39. The lowest BCUT2D eigenvalue weighted by molar-refractivity contribution is -0.132. The molecule has 0 unspecified atom stereocenters. The largest absolute Gasteiger partial charge is 0.507 e. The van der Waals surface area contributed by atoms with E-state index in [2.05, 4.69) is 34.5 Å². The van der Waals surface area contributed by atoms with Crippen LogP contribution in [0, 0.1) is 12.7 Å². The quantitative estimate of drug-likeness (QED) is 0.0586. The lowest BCUT2D eigenvalue weighted by atomic mass is 9.95. The van der Waals surface area contributed by atoms with E-state index in [0.29, 0.717) is 33.6 Å². The topological polar surface area (TPSA) is 92.6 Å². The first kappa shape index (κ1) is 29.5. The summed E-state index contributed by atoms with van der Waals surface area (Å²) in [6, 6.07) is 24.5. The van der Waals surface area contributed by atoms with Crippen LogP contribution < -0.4 is 9.64 Å². The summed E-state index contributed by atoms with van der Waals surface area (Å²) in [5, 5.41) is 22.5. The van der Waals surface area contributed by atoms with E-state index in [-0.39, 0.29) is 16.3 Å². The molecule has 4 aromatic carbocycles. The molecule has 1 saturated heterocycles. The number of hydrogen-bond acceptors (Lipinski definition) is 8. The number of thioether (sulfide) groups is 1. The first-order valence-corrected chi connectivity index (χ1v) is 15.9. The fourth-order valence-electron chi connectivity index (χ4n) is 5.12. The van der Waals surface area contributed by atoms with Crippen LogP contribution in [0.5, 0.6) is 5.75 Å². The van der Waals surface area contributed by atoms with Gasteiger partial charge in [-0.05, 0) is 59.0 Å². The Morgan fingerprint density at radius 3 is 2.57 bits per heavy atom. The smallest absolute Gasteiger partial charge is 0.301 e. The van der Waals surface area contributed by atoms with E-state index in [4.69, 9.17) is 4.74 Å². The SMILES string of the molecule is CCCOc1ccc([C@H]2C(=C(O)c3ccc(C)c(F)c3)C(=O)C(=O)N2c2nnc(SCc3cccc4ccccc34)s2)cc1. The first-order valence-electron chi connectivity index (χ1n) is 14.1. The van der Waals surface area contributed by atoms with Gasteiger partial charge >= 0.3 is 5.91 Å². The van der Waals surface area contributed by atoms with Crippen LogP contribution in [0.4, 0.5) is 9.52 Å². The van der Waals surface area contributed by atoms with Gasteiger partial charge in [-0.2, -0.15) is 0 Å². The molecular weight excluding hydrogens is 598 g/mol. The number of aromatic nitrogens is 2. The summed E-state index contributed by atoms with van der Waals surface area (Å²) < 4.78 is 20.8. The number of rotatable bonds is 9. The summed E-state index contributed by atoms with van der Waals surface area (Å²) in [6.45, 7) is 4.15. The third kappa shape index (κ3) is 5.70. The number of carbonyl (C=O) groups excluding carboxylic acids is 2. The van der Waals surface area contributed by atoms with Crippen LogP contribution in [0.25, 0.3) is 16.5 Å². The van der Waals surface area contributed by atoms with Crippen molar-refractivity contribution in [2.45, 2.75) is 36.4 Å². The second-order valence-electron chi connectivity index (χ2n) is 10.3. The third-order valence-corrected chi connectivity index (χ3v) is 9.50. The van der Waals surface area contributed by atoms with Gasteiger partial charge in [0, 0.05) is 11.3 Å². The fourth-order valence-corrected chi connectivity index (χ4v) is 6.99. The number of aryl methyl sites for hydroxylation is 1. The van der Waals surface area contributed by atoms with E-state index in [1.807, 2.05) is 25.1 Å². The number of fused-ring (bicyclic) bond motifs is 1. The van der Waals surface area contributed by atoms with Crippen LogP contribution in [0.15, 0.2) is 94.8 Å². The summed E-state index contributed by atoms with van der Waals surface area (Å²) in [7, 11) is 0. The Kier molecular flexibility index (Phi) is 8.45. The maximum atomic E-state index is 14.5. The van der Waals surface area contributed by atoms with E-state index < -0.39 is 29.3 Å². The van der Waals surface area contributed by atoms with Crippen LogP contribution in [0.1, 0.15) is 41.6 Å². The van der Waals surface area contributed by atoms with Crippen molar-refractivity contribution in [3.63, 3.8) is 0 Å². The zero-order valence-corrected chi connectivity index (χ0v) is 25.6. The molecule has 0 aliphatic carbocycles. The number of aliphatic hydroxyl groups is 1. The highest BCUT2D eigenvalue weighted by molar-refractivity contribution is 8.00. The van der Waals surface area contributed by atoms with Crippen molar-refractivity contribution in [2.75, 3.05) is 11.5 Å². The number of Topliss-reactive ketones (excluding diaryl/α,β-unsaturated/α-hetero) is 1. The number of benzene rings is 4. The Balaban J connectivity index is 1.37. The van der Waals surface area contributed by atoms with E-state index in [1.165, 1.54) is 40.1 Å². The van der Waals surface area contributed by atoms with Gasteiger partial charge in [0.15, 0.2) is 4.34 Å². The predicted molar refractivity (Wildman–Crippen MR) is 172 cm³/mol. The molecule has 222 valence electrons. The second kappa shape index (κ2) is 12.6. The Morgan fingerprint density at radius 2 is 1.80 bits per heavy atom. The van der Waals surface area contributed by atoms with Crippen molar-refractivity contribution in [1.82, 2.24) is 10.2 Å². The van der Waals surface area contributed by atoms with E-state index in [1.54, 1.807) is 31.2 Å². The Morgan fingerprint density at radius 1 is 1.02 bits per heavy atom. The number of amides is 1. The first-order chi connectivity index (χ1) is 21.4. The number of nitrogens with zero attached hydrogens (tertiary/aromatic N) is 3. The van der Waals surface area contributed by atoms with E-state index in [0.717, 1.165) is 28.8 Å². The minimum atomic E-state index is -1.01. The normalized spacial score (nSPS) is 16.2. The monoisotopic (exact) mass is 625 g/mol. The van der Waals surface area contributed by atoms with E-state index in [9.17, 15) is 19.1 Å². The van der Waals surface area contributed by atoms with Crippen LogP contribution in [0.2, 0.25) is 0 Å². The van der Waals surface area contributed by atoms with Gasteiger partial charge in [-0.1, -0.05) is 96.8 Å². The number of carbonyl (C=O) groups is 2. The molecule has 1 N–H and O–H groups in total. The maximum Gasteiger partial charge on any atom is 0.301 e. The number of anilines is 1. The molecule has 1 fully saturated rings. The molecule has 6 rings (SSSR count). The summed E-state index contributed by atoms with van der Waals surface area (Å²) in [5.41, 5.74) is 2.04. The number of halogens is 1. The van der Waals surface area contributed by atoms with Crippen LogP contribution in [-0.2, 0) is 15.3 Å². The number of ether oxygens (including phenoxy) is 1. The summed E-state index contributed by atoms with van der Waals surface area (Å²) in [5.74, 6) is -1.46. The molecule has 2 heterocycles. The molecule has 1 aromatic heterocycles. The molecule has 1 aliphatic rings. The molecule has 10 heteroatoms. The average Bonchev–Trinajstić information content (AvgIpc) is 3.61. The van der Waals surface area contributed by atoms with Crippen molar-refractivity contribution in [3.8, 4) is 5.75 Å². The Hall–Kier alpha value is -4.54. The van der Waals surface area contributed by atoms with Crippen LogP contribution in [-0.4, -0.2) is 33.6 Å². The van der Waals surface area contributed by atoms with Gasteiger partial charge in [-0.3, -0.25) is 14.5 Å². The van der Waals surface area contributed by atoms with Crippen molar-refractivity contribution in [3.05, 3.63) is 119 Å². The Bertz CT molecular complexity index is 1900. The standard InChI is InChI=1S/C34H28FN3O4S2/c1-3-17-42-25-15-13-22(14-16-25)29-28(30(39)23-12-11-20(2)27(35)18-23)31(40)32(41)38(29)33-36-37-34(44-33)43-19-24-9-6-8-21-7-4-5-10-26(21)24/h4-16,18,29,39H,3,17,19H2,1-2H3/t29-/m0/s1. The molecule has 1 amide bonds. The molecule has 44 heavy (non-hydrogen) atoms. The molecule has 7 nitrogen and oxygen atoms in total. The minimum Gasteiger partial charge on any atom is -0.507 e. The van der Waals surface area contributed by atoms with Gasteiger partial charge in [-0.25, -0.2) is 4.39 Å². The summed E-state index contributed by atoms with van der Waals surface area (Å²) >= 11 is 2.68. The van der Waals surface area contributed by atoms with Crippen molar-refractivity contribution < 1.29 is 23.8 Å². The van der Waals surface area contributed by atoms with Gasteiger partial charge in [-0.15, -0.1) is 10.2 Å². The maximum absolute atomic E-state index is 14.5. The molecule has 0 bridgehead atoms. The fraction of sp³-hybridized carbons (Fsp3) is 0.176. The molecule has 1 aliphatic heterocycles. The van der Waals surface area contributed by atoms with Crippen molar-refractivity contribution in [1.29, 1.82) is 0 Å². The van der Waals surface area contributed by atoms with E-state index >= 15 is 0 Å². The van der Waals surface area contributed by atoms with Crippen molar-refractivity contribution in [2.24, 2.45) is 0 Å². The average molecular weight is 626 g/mol. The molecule has 0 saturated carbocycles. The highest BCUT2D eigenvalue weighted by Gasteiger charge is 2.48. The highest BCUT2D eigenvalue weighted by atomic mass is 32.2. The van der Waals surface area contributed by atoms with Gasteiger partial charge in [0.2, 0.25) is 5.13 Å². The number of ketones is 1. The molecular formula is C34H28FN3O4S2. The molecule has 0 spiro atoms. The number of aliphatic hydroxyl groups excluding tert-OH is 1. The predicted octanol–water partition coefficient (Wildman–Crippen LogP) is 7.85. The minimum absolute atomic E-state index is 0.0996. The molecule has 5 aromatic rings. The molecule has 0 radical (unpaired) electrons. The lowest BCUT2D eigenvalue weighted by Crippen LogP contribution is -2.29. The van der Waals surface area contributed by atoms with Gasteiger partial charge in [0.1, 0.15) is 17.3 Å². The van der Waals surface area contributed by atoms with Gasteiger partial charge < -0.3 is 9.84 Å². The summed E-state index contributed by atoms with van der Waals surface area (Å²) in [6.07, 6.45) is 0.840. The second-order valence-corrected chi connectivity index (χ2v) is 12.5.